The molecule has 5 nitrogen and oxygen atoms in total. The fraction of sp³-hybridized carbons (Fsp3) is 0.154. The van der Waals surface area contributed by atoms with Gasteiger partial charge in [-0.3, -0.25) is 14.5 Å². The van der Waals surface area contributed by atoms with Gasteiger partial charge in [-0.05, 0) is 60.7 Å². The number of ether oxygens (including phenoxy) is 2. The minimum Gasteiger partial charge on any atom is -0.490 e. The smallest absolute Gasteiger partial charge is 0.293 e. The van der Waals surface area contributed by atoms with Gasteiger partial charge in [0, 0.05) is 5.56 Å². The average Bonchev–Trinajstić information content (AvgIpc) is 3.08. The zero-order valence-electron chi connectivity index (χ0n) is 18.3. The van der Waals surface area contributed by atoms with E-state index in [0.29, 0.717) is 39.5 Å². The molecule has 2 amide bonds. The van der Waals surface area contributed by atoms with E-state index in [4.69, 9.17) is 32.7 Å². The van der Waals surface area contributed by atoms with Gasteiger partial charge in [0.25, 0.3) is 11.1 Å². The van der Waals surface area contributed by atoms with Crippen molar-refractivity contribution in [1.29, 1.82) is 0 Å². The Morgan fingerprint density at radius 3 is 2.41 bits per heavy atom. The molecule has 0 unspecified atom stereocenters. The first-order valence-corrected chi connectivity index (χ1v) is 12.1. The predicted octanol–water partition coefficient (Wildman–Crippen LogP) is 7.00. The van der Waals surface area contributed by atoms with Gasteiger partial charge in [0.15, 0.2) is 0 Å². The summed E-state index contributed by atoms with van der Waals surface area (Å²) in [6.45, 7) is 2.84. The summed E-state index contributed by atoms with van der Waals surface area (Å²) in [5, 5.41) is 0.451. The van der Waals surface area contributed by atoms with Gasteiger partial charge in [-0.1, -0.05) is 65.2 Å². The van der Waals surface area contributed by atoms with Crippen molar-refractivity contribution in [1.82, 2.24) is 4.90 Å². The van der Waals surface area contributed by atoms with Gasteiger partial charge in [-0.15, -0.1) is 0 Å². The lowest BCUT2D eigenvalue weighted by molar-refractivity contribution is -0.123. The number of carbonyl (C=O) groups excluding carboxylic acids is 2. The van der Waals surface area contributed by atoms with E-state index in [0.717, 1.165) is 23.1 Å². The Labute approximate surface area is 212 Å². The molecule has 0 bridgehead atoms. The number of hydrogen-bond donors (Lipinski definition) is 0. The van der Waals surface area contributed by atoms with Gasteiger partial charge in [-0.25, -0.2) is 0 Å². The maximum atomic E-state index is 12.9. The predicted molar refractivity (Wildman–Crippen MR) is 137 cm³/mol. The third-order valence-corrected chi connectivity index (χ3v) is 6.68. The van der Waals surface area contributed by atoms with Gasteiger partial charge in [-0.2, -0.15) is 0 Å². The summed E-state index contributed by atoms with van der Waals surface area (Å²) in [6, 6.07) is 20.2. The number of rotatable bonds is 8. The van der Waals surface area contributed by atoms with Crippen molar-refractivity contribution >= 4 is 52.2 Å². The molecule has 4 rings (SSSR count). The van der Waals surface area contributed by atoms with Crippen LogP contribution in [0.4, 0.5) is 4.79 Å². The second-order valence-corrected chi connectivity index (χ2v) is 9.37. The van der Waals surface area contributed by atoms with Crippen LogP contribution in [0.15, 0.2) is 71.6 Å². The van der Waals surface area contributed by atoms with Crippen LogP contribution in [0.2, 0.25) is 10.0 Å². The molecule has 1 saturated heterocycles. The van der Waals surface area contributed by atoms with Gasteiger partial charge in [0.1, 0.15) is 24.7 Å². The van der Waals surface area contributed by atoms with E-state index < -0.39 is 0 Å². The summed E-state index contributed by atoms with van der Waals surface area (Å²) in [5.74, 6) is 1.02. The normalized spacial score (nSPS) is 14.7. The molecule has 1 fully saturated rings. The number of para-hydroxylation sites is 1. The zero-order chi connectivity index (χ0) is 24.1. The first-order chi connectivity index (χ1) is 16.4. The Kier molecular flexibility index (Phi) is 7.83. The van der Waals surface area contributed by atoms with Crippen molar-refractivity contribution in [3.8, 4) is 11.5 Å². The molecule has 0 atom stereocenters. The lowest BCUT2D eigenvalue weighted by Gasteiger charge is -2.13. The quantitative estimate of drug-likeness (QED) is 0.239. The van der Waals surface area contributed by atoms with E-state index in [1.165, 1.54) is 10.5 Å². The Hall–Kier alpha value is -2.93. The molecule has 0 aromatic heterocycles. The minimum atomic E-state index is -0.362. The SMILES string of the molecule is Cc1ccc(OCCOc2ccccc2/C=C2\SC(=O)N(Cc3ccc(Cl)c(Cl)c3)C2=O)cc1. The van der Waals surface area contributed by atoms with E-state index in [1.807, 2.05) is 55.5 Å². The fourth-order valence-corrected chi connectivity index (χ4v) is 4.42. The molecule has 0 spiro atoms. The average molecular weight is 514 g/mol. The molecule has 0 radical (unpaired) electrons. The Morgan fingerprint density at radius 1 is 0.912 bits per heavy atom. The van der Waals surface area contributed by atoms with Crippen molar-refractivity contribution in [3.05, 3.63) is 98.4 Å². The molecule has 34 heavy (non-hydrogen) atoms. The highest BCUT2D eigenvalue weighted by molar-refractivity contribution is 8.18. The maximum absolute atomic E-state index is 12.9. The maximum Gasteiger partial charge on any atom is 0.293 e. The molecule has 3 aromatic rings. The number of nitrogens with zero attached hydrogens (tertiary/aromatic N) is 1. The molecule has 174 valence electrons. The molecular formula is C26H21Cl2NO4S. The van der Waals surface area contributed by atoms with Gasteiger partial charge in [0.05, 0.1) is 21.5 Å². The number of halogens is 2. The number of carbonyl (C=O) groups is 2. The highest BCUT2D eigenvalue weighted by Crippen LogP contribution is 2.35. The lowest BCUT2D eigenvalue weighted by Crippen LogP contribution is -2.27. The molecule has 1 aliphatic rings. The van der Waals surface area contributed by atoms with E-state index in [1.54, 1.807) is 24.3 Å². The van der Waals surface area contributed by atoms with Gasteiger partial charge < -0.3 is 9.47 Å². The number of imide groups is 1. The Bertz CT molecular complexity index is 1240. The van der Waals surface area contributed by atoms with Crippen molar-refractivity contribution < 1.29 is 19.1 Å². The van der Waals surface area contributed by atoms with E-state index in [2.05, 4.69) is 0 Å². The highest BCUT2D eigenvalue weighted by Gasteiger charge is 2.35. The summed E-state index contributed by atoms with van der Waals surface area (Å²) in [6.07, 6.45) is 1.68. The molecule has 0 N–H and O–H groups in total. The first-order valence-electron chi connectivity index (χ1n) is 10.5. The molecule has 1 heterocycles. The van der Waals surface area contributed by atoms with Crippen LogP contribution >= 0.6 is 35.0 Å². The molecule has 1 aliphatic heterocycles. The number of hydrogen-bond acceptors (Lipinski definition) is 5. The van der Waals surface area contributed by atoms with Crippen LogP contribution in [0.5, 0.6) is 11.5 Å². The fourth-order valence-electron chi connectivity index (χ4n) is 3.27. The van der Waals surface area contributed by atoms with Gasteiger partial charge >= 0.3 is 0 Å². The summed E-state index contributed by atoms with van der Waals surface area (Å²) in [5.41, 5.74) is 2.59. The third kappa shape index (κ3) is 5.95. The van der Waals surface area contributed by atoms with E-state index in [-0.39, 0.29) is 17.7 Å². The largest absolute Gasteiger partial charge is 0.490 e. The number of thioether (sulfide) groups is 1. The van der Waals surface area contributed by atoms with Crippen molar-refractivity contribution in [3.63, 3.8) is 0 Å². The lowest BCUT2D eigenvalue weighted by atomic mass is 10.1. The molecular weight excluding hydrogens is 493 g/mol. The molecule has 8 heteroatoms. The first kappa shape index (κ1) is 24.2. The summed E-state index contributed by atoms with van der Waals surface area (Å²) in [7, 11) is 0. The van der Waals surface area contributed by atoms with Crippen LogP contribution < -0.4 is 9.47 Å². The van der Waals surface area contributed by atoms with Gasteiger partial charge in [0.2, 0.25) is 0 Å². The number of benzene rings is 3. The van der Waals surface area contributed by atoms with E-state index in [9.17, 15) is 9.59 Å². The second-order valence-electron chi connectivity index (χ2n) is 7.56. The molecule has 0 saturated carbocycles. The summed E-state index contributed by atoms with van der Waals surface area (Å²) >= 11 is 12.9. The minimum absolute atomic E-state index is 0.118. The van der Waals surface area contributed by atoms with Crippen LogP contribution in [0, 0.1) is 6.92 Å². The topological polar surface area (TPSA) is 55.8 Å². The van der Waals surface area contributed by atoms with Crippen molar-refractivity contribution in [2.24, 2.45) is 0 Å². The van der Waals surface area contributed by atoms with Crippen LogP contribution in [-0.2, 0) is 11.3 Å². The number of aryl methyl sites for hydroxylation is 1. The third-order valence-electron chi connectivity index (χ3n) is 5.03. The highest BCUT2D eigenvalue weighted by atomic mass is 35.5. The standard InChI is InChI=1S/C26H21Cl2NO4S/c1-17-6-9-20(10-7-17)32-12-13-33-23-5-3-2-4-19(23)15-24-25(30)29(26(31)34-24)16-18-8-11-21(27)22(28)14-18/h2-11,14-15H,12-13,16H2,1H3/b24-15-. The van der Waals surface area contributed by atoms with Crippen molar-refractivity contribution in [2.75, 3.05) is 13.2 Å². The summed E-state index contributed by atoms with van der Waals surface area (Å²) in [4.78, 5) is 27.0. The Balaban J connectivity index is 1.41. The van der Waals surface area contributed by atoms with Crippen LogP contribution in [0.1, 0.15) is 16.7 Å². The second kappa shape index (κ2) is 11.0. The zero-order valence-corrected chi connectivity index (χ0v) is 20.6. The molecule has 0 aliphatic carbocycles. The van der Waals surface area contributed by atoms with E-state index >= 15 is 0 Å². The van der Waals surface area contributed by atoms with Crippen molar-refractivity contribution in [2.45, 2.75) is 13.5 Å². The van der Waals surface area contributed by atoms with Crippen LogP contribution in [0.25, 0.3) is 6.08 Å². The number of amides is 2. The molecule has 3 aromatic carbocycles. The monoisotopic (exact) mass is 513 g/mol. The Morgan fingerprint density at radius 2 is 1.65 bits per heavy atom. The van der Waals surface area contributed by atoms with Crippen LogP contribution in [0.3, 0.4) is 0 Å². The summed E-state index contributed by atoms with van der Waals surface area (Å²) < 4.78 is 11.6. The van der Waals surface area contributed by atoms with Crippen LogP contribution in [-0.4, -0.2) is 29.3 Å².